The Kier molecular flexibility index (Phi) is 6.49. The fourth-order valence-electron chi connectivity index (χ4n) is 4.61. The van der Waals surface area contributed by atoms with Gasteiger partial charge in [0.2, 0.25) is 5.91 Å². The third-order valence-electron chi connectivity index (χ3n) is 6.28. The number of carbonyl (C=O) groups excluding carboxylic acids is 2. The van der Waals surface area contributed by atoms with Crippen molar-refractivity contribution < 1.29 is 37.4 Å². The summed E-state index contributed by atoms with van der Waals surface area (Å²) >= 11 is 0. The second-order valence-electron chi connectivity index (χ2n) is 8.43. The number of fused-ring (bicyclic) bond motifs is 3. The summed E-state index contributed by atoms with van der Waals surface area (Å²) in [6, 6.07) is 13.9. The summed E-state index contributed by atoms with van der Waals surface area (Å²) in [4.78, 5) is 37.4. The Balaban J connectivity index is 1.41. The highest BCUT2D eigenvalue weighted by atomic mass is 19.4. The van der Waals surface area contributed by atoms with E-state index in [-0.39, 0.29) is 25.5 Å². The van der Waals surface area contributed by atoms with Crippen LogP contribution in [0.15, 0.2) is 48.5 Å². The number of aliphatic carboxylic acids is 1. The van der Waals surface area contributed by atoms with E-state index < -0.39 is 49.1 Å². The van der Waals surface area contributed by atoms with Crippen LogP contribution >= 0.6 is 0 Å². The van der Waals surface area contributed by atoms with Crippen molar-refractivity contribution in [3.63, 3.8) is 0 Å². The van der Waals surface area contributed by atoms with Crippen molar-refractivity contribution in [3.05, 3.63) is 59.7 Å². The van der Waals surface area contributed by atoms with E-state index in [1.165, 1.54) is 0 Å². The molecule has 2 amide bonds. The molecular formula is C24H23F3N2O5. The first-order chi connectivity index (χ1) is 16.1. The average Bonchev–Trinajstić information content (AvgIpc) is 3.40. The van der Waals surface area contributed by atoms with Gasteiger partial charge in [0.15, 0.2) is 0 Å². The summed E-state index contributed by atoms with van der Waals surface area (Å²) < 4.78 is 44.2. The number of hydrogen-bond acceptors (Lipinski definition) is 4. The van der Waals surface area contributed by atoms with Crippen LogP contribution in [0, 0.1) is 5.92 Å². The van der Waals surface area contributed by atoms with Gasteiger partial charge in [0.1, 0.15) is 12.6 Å². The lowest BCUT2D eigenvalue weighted by Gasteiger charge is -2.24. The lowest BCUT2D eigenvalue weighted by molar-refractivity contribution is -0.171. The van der Waals surface area contributed by atoms with Crippen molar-refractivity contribution in [1.82, 2.24) is 10.2 Å². The molecule has 34 heavy (non-hydrogen) atoms. The summed E-state index contributed by atoms with van der Waals surface area (Å²) in [7, 11) is 0. The molecule has 7 nitrogen and oxygen atoms in total. The van der Waals surface area contributed by atoms with E-state index >= 15 is 0 Å². The molecule has 1 fully saturated rings. The number of amides is 2. The zero-order valence-electron chi connectivity index (χ0n) is 18.0. The number of carboxylic acids is 1. The number of benzene rings is 2. The van der Waals surface area contributed by atoms with Crippen molar-refractivity contribution in [2.75, 3.05) is 19.7 Å². The quantitative estimate of drug-likeness (QED) is 0.662. The standard InChI is InChI=1S/C24H23F3N2O5/c25-24(26,27)14-9-10-29(12-14)22(32)20(11-21(30)31)28-23(33)34-13-19-17-7-3-1-5-15(17)16-6-2-4-8-18(16)19/h1-8,14,19-20H,9-13H2,(H,28,33)(H,30,31). The Bertz CT molecular complexity index is 1060. The van der Waals surface area contributed by atoms with Gasteiger partial charge in [-0.1, -0.05) is 48.5 Å². The maximum Gasteiger partial charge on any atom is 0.407 e. The Morgan fingerprint density at radius 3 is 2.18 bits per heavy atom. The van der Waals surface area contributed by atoms with Crippen LogP contribution in [-0.2, 0) is 14.3 Å². The SMILES string of the molecule is O=C(O)CC(NC(=O)OCC1c2ccccc2-c2ccccc21)C(=O)N1CCC(C(F)(F)F)C1. The molecule has 2 N–H and O–H groups in total. The van der Waals surface area contributed by atoms with Crippen molar-refractivity contribution in [1.29, 1.82) is 0 Å². The van der Waals surface area contributed by atoms with Gasteiger partial charge in [-0.25, -0.2) is 4.79 Å². The lowest BCUT2D eigenvalue weighted by Crippen LogP contribution is -2.49. The van der Waals surface area contributed by atoms with Gasteiger partial charge in [-0.2, -0.15) is 13.2 Å². The minimum absolute atomic E-state index is 0.0479. The zero-order valence-corrected chi connectivity index (χ0v) is 18.0. The fourth-order valence-corrected chi connectivity index (χ4v) is 4.61. The molecule has 0 radical (unpaired) electrons. The van der Waals surface area contributed by atoms with Crippen LogP contribution in [0.4, 0.5) is 18.0 Å². The number of hydrogen-bond donors (Lipinski definition) is 2. The molecule has 4 rings (SSSR count). The van der Waals surface area contributed by atoms with Crippen LogP contribution in [0.3, 0.4) is 0 Å². The van der Waals surface area contributed by atoms with Gasteiger partial charge in [0.25, 0.3) is 0 Å². The normalized spacial score (nSPS) is 18.2. The van der Waals surface area contributed by atoms with E-state index in [1.54, 1.807) is 0 Å². The molecule has 1 aliphatic heterocycles. The predicted octanol–water partition coefficient (Wildman–Crippen LogP) is 3.78. The summed E-state index contributed by atoms with van der Waals surface area (Å²) in [5.74, 6) is -4.15. The number of alkyl halides is 3. The van der Waals surface area contributed by atoms with Crippen molar-refractivity contribution in [2.24, 2.45) is 5.92 Å². The van der Waals surface area contributed by atoms with Crippen LogP contribution in [0.25, 0.3) is 11.1 Å². The lowest BCUT2D eigenvalue weighted by atomic mass is 9.98. The number of carbonyl (C=O) groups is 3. The van der Waals surface area contributed by atoms with E-state index in [1.807, 2.05) is 48.5 Å². The summed E-state index contributed by atoms with van der Waals surface area (Å²) in [5.41, 5.74) is 4.01. The van der Waals surface area contributed by atoms with Gasteiger partial charge in [0, 0.05) is 19.0 Å². The molecule has 2 atom stereocenters. The molecule has 0 aromatic heterocycles. The van der Waals surface area contributed by atoms with Gasteiger partial charge in [-0.3, -0.25) is 9.59 Å². The monoisotopic (exact) mass is 476 g/mol. The van der Waals surface area contributed by atoms with E-state index in [0.717, 1.165) is 27.2 Å². The Labute approximate surface area is 193 Å². The van der Waals surface area contributed by atoms with Gasteiger partial charge in [-0.15, -0.1) is 0 Å². The first-order valence-electron chi connectivity index (χ1n) is 10.8. The molecule has 0 spiro atoms. The van der Waals surface area contributed by atoms with Gasteiger partial charge < -0.3 is 20.1 Å². The maximum absolute atomic E-state index is 13.0. The van der Waals surface area contributed by atoms with Crippen molar-refractivity contribution in [3.8, 4) is 11.1 Å². The molecule has 2 aromatic carbocycles. The summed E-state index contributed by atoms with van der Waals surface area (Å²) in [6.45, 7) is -0.774. The highest BCUT2D eigenvalue weighted by Gasteiger charge is 2.45. The first kappa shape index (κ1) is 23.6. The summed E-state index contributed by atoms with van der Waals surface area (Å²) in [6.07, 6.45) is -6.48. The van der Waals surface area contributed by atoms with Crippen LogP contribution in [0.1, 0.15) is 29.9 Å². The van der Waals surface area contributed by atoms with E-state index in [9.17, 15) is 27.6 Å². The van der Waals surface area contributed by atoms with Gasteiger partial charge in [-0.05, 0) is 28.7 Å². The number of nitrogens with one attached hydrogen (secondary N) is 1. The topological polar surface area (TPSA) is 95.9 Å². The van der Waals surface area contributed by atoms with Crippen molar-refractivity contribution in [2.45, 2.75) is 31.0 Å². The number of likely N-dealkylation sites (tertiary alicyclic amines) is 1. The molecule has 2 aromatic rings. The van der Waals surface area contributed by atoms with Crippen LogP contribution in [0.5, 0.6) is 0 Å². The largest absolute Gasteiger partial charge is 0.481 e. The average molecular weight is 476 g/mol. The molecule has 1 saturated heterocycles. The Morgan fingerprint density at radius 1 is 1.06 bits per heavy atom. The van der Waals surface area contributed by atoms with Gasteiger partial charge >= 0.3 is 18.2 Å². The number of nitrogens with zero attached hydrogens (tertiary/aromatic N) is 1. The molecule has 0 saturated carbocycles. The number of carboxylic acid groups (broad SMARTS) is 1. The van der Waals surface area contributed by atoms with Gasteiger partial charge in [0.05, 0.1) is 12.3 Å². The minimum Gasteiger partial charge on any atom is -0.481 e. The Morgan fingerprint density at radius 2 is 1.65 bits per heavy atom. The third-order valence-corrected chi connectivity index (χ3v) is 6.28. The molecular weight excluding hydrogens is 453 g/mol. The summed E-state index contributed by atoms with van der Waals surface area (Å²) in [5, 5.41) is 11.4. The molecule has 180 valence electrons. The number of halogens is 3. The minimum atomic E-state index is -4.45. The maximum atomic E-state index is 13.0. The number of alkyl carbamates (subject to hydrolysis) is 1. The van der Waals surface area contributed by atoms with Crippen molar-refractivity contribution >= 4 is 18.0 Å². The molecule has 1 heterocycles. The third kappa shape index (κ3) is 4.85. The predicted molar refractivity (Wildman–Crippen MR) is 115 cm³/mol. The second kappa shape index (κ2) is 9.36. The molecule has 0 bridgehead atoms. The van der Waals surface area contributed by atoms with E-state index in [0.29, 0.717) is 0 Å². The highest BCUT2D eigenvalue weighted by Crippen LogP contribution is 2.44. The van der Waals surface area contributed by atoms with Crippen LogP contribution in [-0.4, -0.2) is 59.9 Å². The Hall–Kier alpha value is -3.56. The fraction of sp³-hybridized carbons (Fsp3) is 0.375. The number of rotatable bonds is 6. The van der Waals surface area contributed by atoms with E-state index in [2.05, 4.69) is 5.32 Å². The smallest absolute Gasteiger partial charge is 0.407 e. The molecule has 2 aliphatic rings. The molecule has 1 aliphatic carbocycles. The number of ether oxygens (including phenoxy) is 1. The molecule has 10 heteroatoms. The highest BCUT2D eigenvalue weighted by molar-refractivity contribution is 5.89. The second-order valence-corrected chi connectivity index (χ2v) is 8.43. The first-order valence-corrected chi connectivity index (χ1v) is 10.8. The van der Waals surface area contributed by atoms with E-state index in [4.69, 9.17) is 9.84 Å². The van der Waals surface area contributed by atoms with Crippen LogP contribution < -0.4 is 5.32 Å². The zero-order chi connectivity index (χ0) is 24.5. The van der Waals surface area contributed by atoms with Crippen LogP contribution in [0.2, 0.25) is 0 Å². The molecule has 2 unspecified atom stereocenters.